The van der Waals surface area contributed by atoms with Crippen LogP contribution in [-0.2, 0) is 13.6 Å². The minimum Gasteiger partial charge on any atom is -0.396 e. The van der Waals surface area contributed by atoms with Crippen LogP contribution in [0.5, 0.6) is 0 Å². The Morgan fingerprint density at radius 3 is 2.86 bits per heavy atom. The molecule has 14 heavy (non-hydrogen) atoms. The molecule has 1 rings (SSSR count). The van der Waals surface area contributed by atoms with Crippen LogP contribution in [0.4, 0.5) is 0 Å². The van der Waals surface area contributed by atoms with E-state index >= 15 is 0 Å². The highest BCUT2D eigenvalue weighted by atomic mass is 35.5. The summed E-state index contributed by atoms with van der Waals surface area (Å²) in [7, 11) is 1.91. The highest BCUT2D eigenvalue weighted by Crippen LogP contribution is 1.95. The van der Waals surface area contributed by atoms with Crippen molar-refractivity contribution in [3.05, 3.63) is 18.0 Å². The van der Waals surface area contributed by atoms with E-state index in [1.165, 1.54) is 5.56 Å². The largest absolute Gasteiger partial charge is 0.396 e. The molecule has 0 bridgehead atoms. The number of hydrogen-bond acceptors (Lipinski definition) is 3. The Balaban J connectivity index is 0.00000169. The molecule has 0 aliphatic heterocycles. The van der Waals surface area contributed by atoms with Crippen molar-refractivity contribution in [3.8, 4) is 0 Å². The first-order valence-electron chi connectivity index (χ1n) is 4.62. The Kier molecular flexibility index (Phi) is 7.47. The number of aliphatic hydroxyl groups excluding tert-OH is 1. The maximum absolute atomic E-state index is 8.54. The number of nitrogens with one attached hydrogen (secondary N) is 1. The van der Waals surface area contributed by atoms with E-state index in [4.69, 9.17) is 5.11 Å². The van der Waals surface area contributed by atoms with Crippen LogP contribution < -0.4 is 5.32 Å². The van der Waals surface area contributed by atoms with Crippen LogP contribution in [0.25, 0.3) is 0 Å². The molecule has 0 amide bonds. The summed E-state index contributed by atoms with van der Waals surface area (Å²) in [4.78, 5) is 0. The fourth-order valence-corrected chi connectivity index (χ4v) is 1.16. The quantitative estimate of drug-likeness (QED) is 0.693. The molecule has 1 aromatic rings. The number of aryl methyl sites for hydroxylation is 1. The van der Waals surface area contributed by atoms with Gasteiger partial charge in [-0.3, -0.25) is 4.68 Å². The van der Waals surface area contributed by atoms with Crippen molar-refractivity contribution in [1.29, 1.82) is 0 Å². The lowest BCUT2D eigenvalue weighted by molar-refractivity contribution is 0.283. The Bertz CT molecular complexity index is 240. The zero-order valence-electron chi connectivity index (χ0n) is 8.44. The maximum atomic E-state index is 8.54. The molecule has 5 heteroatoms. The third-order valence-corrected chi connectivity index (χ3v) is 1.85. The zero-order chi connectivity index (χ0) is 9.52. The number of unbranched alkanes of at least 4 members (excludes halogenated alkanes) is 1. The van der Waals surface area contributed by atoms with Gasteiger partial charge >= 0.3 is 0 Å². The Hall–Kier alpha value is -0.580. The van der Waals surface area contributed by atoms with Crippen LogP contribution in [0.1, 0.15) is 18.4 Å². The number of halogens is 1. The SMILES string of the molecule is Cl.Cn1cc(CNCCCCO)cn1. The number of aromatic nitrogens is 2. The summed E-state index contributed by atoms with van der Waals surface area (Å²) >= 11 is 0. The molecule has 0 aliphatic rings. The molecule has 0 radical (unpaired) electrons. The van der Waals surface area contributed by atoms with E-state index in [0.717, 1.165) is 25.9 Å². The molecule has 1 heterocycles. The van der Waals surface area contributed by atoms with Gasteiger partial charge in [-0.1, -0.05) is 0 Å². The van der Waals surface area contributed by atoms with Gasteiger partial charge in [0, 0.05) is 32.0 Å². The average molecular weight is 220 g/mol. The summed E-state index contributed by atoms with van der Waals surface area (Å²) < 4.78 is 1.80. The van der Waals surface area contributed by atoms with Crippen LogP contribution >= 0.6 is 12.4 Å². The zero-order valence-corrected chi connectivity index (χ0v) is 9.26. The molecular formula is C9H18ClN3O. The highest BCUT2D eigenvalue weighted by molar-refractivity contribution is 5.85. The van der Waals surface area contributed by atoms with E-state index in [0.29, 0.717) is 0 Å². The Morgan fingerprint density at radius 2 is 2.29 bits per heavy atom. The minimum atomic E-state index is 0. The molecular weight excluding hydrogens is 202 g/mol. The monoisotopic (exact) mass is 219 g/mol. The second kappa shape index (κ2) is 7.79. The van der Waals surface area contributed by atoms with Gasteiger partial charge in [-0.2, -0.15) is 5.10 Å². The summed E-state index contributed by atoms with van der Waals surface area (Å²) in [6.07, 6.45) is 5.76. The highest BCUT2D eigenvalue weighted by Gasteiger charge is 1.94. The van der Waals surface area contributed by atoms with Crippen molar-refractivity contribution in [2.75, 3.05) is 13.2 Å². The molecule has 0 atom stereocenters. The van der Waals surface area contributed by atoms with Crippen LogP contribution in [0.3, 0.4) is 0 Å². The van der Waals surface area contributed by atoms with E-state index < -0.39 is 0 Å². The van der Waals surface area contributed by atoms with E-state index in [-0.39, 0.29) is 19.0 Å². The van der Waals surface area contributed by atoms with E-state index in [1.807, 2.05) is 19.4 Å². The van der Waals surface area contributed by atoms with Gasteiger partial charge in [0.15, 0.2) is 0 Å². The normalized spacial score (nSPS) is 9.86. The standard InChI is InChI=1S/C9H17N3O.ClH/c1-12-8-9(7-11-12)6-10-4-2-3-5-13;/h7-8,10,13H,2-6H2,1H3;1H. The summed E-state index contributed by atoms with van der Waals surface area (Å²) in [6.45, 7) is 2.10. The number of nitrogens with zero attached hydrogens (tertiary/aromatic N) is 2. The predicted molar refractivity (Wildman–Crippen MR) is 58.5 cm³/mol. The van der Waals surface area contributed by atoms with Crippen LogP contribution in [0.2, 0.25) is 0 Å². The van der Waals surface area contributed by atoms with Crippen molar-refractivity contribution in [2.24, 2.45) is 7.05 Å². The summed E-state index contributed by atoms with van der Waals surface area (Å²) in [5, 5.41) is 15.9. The van der Waals surface area contributed by atoms with Crippen LogP contribution in [0, 0.1) is 0 Å². The second-order valence-electron chi connectivity index (χ2n) is 3.13. The number of rotatable bonds is 6. The summed E-state index contributed by atoms with van der Waals surface area (Å²) in [5.41, 5.74) is 1.20. The van der Waals surface area contributed by atoms with Crippen molar-refractivity contribution < 1.29 is 5.11 Å². The third kappa shape index (κ3) is 5.21. The molecule has 4 nitrogen and oxygen atoms in total. The minimum absolute atomic E-state index is 0. The van der Waals surface area contributed by atoms with Gasteiger partial charge in [-0.25, -0.2) is 0 Å². The predicted octanol–water partition coefficient (Wildman–Crippen LogP) is 0.704. The van der Waals surface area contributed by atoms with Crippen molar-refractivity contribution in [1.82, 2.24) is 15.1 Å². The second-order valence-corrected chi connectivity index (χ2v) is 3.13. The third-order valence-electron chi connectivity index (χ3n) is 1.85. The van der Waals surface area contributed by atoms with Gasteiger partial charge < -0.3 is 10.4 Å². The van der Waals surface area contributed by atoms with Crippen molar-refractivity contribution in [2.45, 2.75) is 19.4 Å². The lowest BCUT2D eigenvalue weighted by Crippen LogP contribution is -2.14. The molecule has 0 saturated carbocycles. The Morgan fingerprint density at radius 1 is 1.50 bits per heavy atom. The van der Waals surface area contributed by atoms with Gasteiger partial charge in [0.2, 0.25) is 0 Å². The van der Waals surface area contributed by atoms with Gasteiger partial charge in [-0.05, 0) is 19.4 Å². The van der Waals surface area contributed by atoms with Gasteiger partial charge in [0.05, 0.1) is 6.20 Å². The van der Waals surface area contributed by atoms with E-state index in [1.54, 1.807) is 4.68 Å². The molecule has 0 aromatic carbocycles. The fourth-order valence-electron chi connectivity index (χ4n) is 1.16. The average Bonchev–Trinajstić information content (AvgIpc) is 2.51. The lowest BCUT2D eigenvalue weighted by Gasteiger charge is -2.00. The summed E-state index contributed by atoms with van der Waals surface area (Å²) in [5.74, 6) is 0. The van der Waals surface area contributed by atoms with Crippen molar-refractivity contribution >= 4 is 12.4 Å². The lowest BCUT2D eigenvalue weighted by atomic mass is 10.3. The van der Waals surface area contributed by atoms with Crippen LogP contribution in [-0.4, -0.2) is 28.0 Å². The van der Waals surface area contributed by atoms with E-state index in [2.05, 4.69) is 10.4 Å². The fraction of sp³-hybridized carbons (Fsp3) is 0.667. The number of hydrogen-bond donors (Lipinski definition) is 2. The number of aliphatic hydroxyl groups is 1. The van der Waals surface area contributed by atoms with Crippen molar-refractivity contribution in [3.63, 3.8) is 0 Å². The molecule has 0 fully saturated rings. The van der Waals surface area contributed by atoms with Gasteiger partial charge in [0.1, 0.15) is 0 Å². The summed E-state index contributed by atoms with van der Waals surface area (Å²) in [6, 6.07) is 0. The molecule has 82 valence electrons. The molecule has 0 unspecified atom stereocenters. The topological polar surface area (TPSA) is 50.1 Å². The molecule has 0 spiro atoms. The molecule has 0 aliphatic carbocycles. The Labute approximate surface area is 90.7 Å². The molecule has 1 aromatic heterocycles. The molecule has 2 N–H and O–H groups in total. The van der Waals surface area contributed by atoms with Gasteiger partial charge in [0.25, 0.3) is 0 Å². The van der Waals surface area contributed by atoms with Gasteiger partial charge in [-0.15, -0.1) is 12.4 Å². The van der Waals surface area contributed by atoms with Crippen LogP contribution in [0.15, 0.2) is 12.4 Å². The van der Waals surface area contributed by atoms with E-state index in [9.17, 15) is 0 Å². The first kappa shape index (κ1) is 13.4. The first-order valence-corrected chi connectivity index (χ1v) is 4.62. The molecule has 0 saturated heterocycles. The smallest absolute Gasteiger partial charge is 0.0534 e. The maximum Gasteiger partial charge on any atom is 0.0534 e. The first-order chi connectivity index (χ1) is 6.33.